The van der Waals surface area contributed by atoms with Gasteiger partial charge in [-0.1, -0.05) is 24.3 Å². The van der Waals surface area contributed by atoms with Crippen molar-refractivity contribution in [1.82, 2.24) is 15.4 Å². The van der Waals surface area contributed by atoms with E-state index in [2.05, 4.69) is 20.3 Å². The Balaban J connectivity index is 0.00000312. The Morgan fingerprint density at radius 2 is 1.92 bits per heavy atom. The molecule has 0 spiro atoms. The van der Waals surface area contributed by atoms with Gasteiger partial charge in [0, 0.05) is 26.7 Å². The maximum absolute atomic E-state index is 11.5. The van der Waals surface area contributed by atoms with Crippen molar-refractivity contribution in [2.45, 2.75) is 31.2 Å². The van der Waals surface area contributed by atoms with E-state index in [9.17, 15) is 8.42 Å². The molecular formula is C16H27IN4O3S. The Bertz CT molecular complexity index is 644. The highest BCUT2D eigenvalue weighted by molar-refractivity contribution is 14.0. The zero-order chi connectivity index (χ0) is 17.4. The Kier molecular flexibility index (Phi) is 9.69. The summed E-state index contributed by atoms with van der Waals surface area (Å²) in [5.74, 6) is 0.717. The van der Waals surface area contributed by atoms with Gasteiger partial charge in [-0.3, -0.25) is 4.99 Å². The molecule has 1 heterocycles. The normalized spacial score (nSPS) is 17.8. The molecule has 9 heteroatoms. The van der Waals surface area contributed by atoms with Gasteiger partial charge >= 0.3 is 0 Å². The molecule has 7 nitrogen and oxygen atoms in total. The number of aliphatic imine (C=N–C) groups is 1. The number of halogens is 1. The van der Waals surface area contributed by atoms with Crippen LogP contribution in [0.25, 0.3) is 0 Å². The van der Waals surface area contributed by atoms with Crippen molar-refractivity contribution in [3.63, 3.8) is 0 Å². The number of sulfonamides is 1. The van der Waals surface area contributed by atoms with Crippen LogP contribution in [0.5, 0.6) is 0 Å². The molecule has 3 N–H and O–H groups in total. The number of nitrogens with one attached hydrogen (secondary N) is 3. The highest BCUT2D eigenvalue weighted by atomic mass is 127. The Hall–Kier alpha value is -0.910. The first kappa shape index (κ1) is 22.1. The lowest BCUT2D eigenvalue weighted by atomic mass is 10.1. The van der Waals surface area contributed by atoms with Gasteiger partial charge < -0.3 is 15.4 Å². The van der Waals surface area contributed by atoms with Gasteiger partial charge in [0.05, 0.1) is 11.9 Å². The third kappa shape index (κ3) is 7.89. The summed E-state index contributed by atoms with van der Waals surface area (Å²) in [7, 11) is -0.0850. The topological polar surface area (TPSA) is 91.8 Å². The summed E-state index contributed by atoms with van der Waals surface area (Å²) in [5.41, 5.74) is 1.81. The first-order valence-electron chi connectivity index (χ1n) is 8.07. The van der Waals surface area contributed by atoms with E-state index in [-0.39, 0.29) is 35.8 Å². The first-order chi connectivity index (χ1) is 11.5. The number of ether oxygens (including phenoxy) is 1. The molecule has 0 radical (unpaired) electrons. The van der Waals surface area contributed by atoms with Gasteiger partial charge in [-0.15, -0.1) is 24.0 Å². The molecule has 1 fully saturated rings. The van der Waals surface area contributed by atoms with Crippen LogP contribution in [-0.4, -0.2) is 47.7 Å². The molecular weight excluding hydrogens is 455 g/mol. The van der Waals surface area contributed by atoms with Gasteiger partial charge in [0.2, 0.25) is 10.0 Å². The summed E-state index contributed by atoms with van der Waals surface area (Å²) in [6.07, 6.45) is 2.46. The van der Waals surface area contributed by atoms with Gasteiger partial charge in [0.1, 0.15) is 0 Å². The molecule has 1 aromatic rings. The fourth-order valence-electron chi connectivity index (χ4n) is 2.47. The standard InChI is InChI=1S/C16H26N4O3S.HI/c1-17-16(20-11-15-4-3-9-23-15)19-10-13-5-7-14(8-6-13)12-24(21,22)18-2;/h5-8,15,18H,3-4,9-12H2,1-2H3,(H2,17,19,20);1H. The van der Waals surface area contributed by atoms with E-state index in [0.29, 0.717) is 6.54 Å². The van der Waals surface area contributed by atoms with E-state index in [1.54, 1.807) is 7.05 Å². The monoisotopic (exact) mass is 482 g/mol. The average molecular weight is 482 g/mol. The number of hydrogen-bond acceptors (Lipinski definition) is 4. The van der Waals surface area contributed by atoms with Crippen molar-refractivity contribution in [3.05, 3.63) is 35.4 Å². The van der Waals surface area contributed by atoms with E-state index in [1.807, 2.05) is 24.3 Å². The Labute approximate surface area is 167 Å². The van der Waals surface area contributed by atoms with Crippen LogP contribution in [0, 0.1) is 0 Å². The molecule has 0 aliphatic carbocycles. The highest BCUT2D eigenvalue weighted by Crippen LogP contribution is 2.10. The van der Waals surface area contributed by atoms with Crippen LogP contribution < -0.4 is 15.4 Å². The quantitative estimate of drug-likeness (QED) is 0.309. The lowest BCUT2D eigenvalue weighted by Crippen LogP contribution is -2.40. The molecule has 1 aliphatic heterocycles. The largest absolute Gasteiger partial charge is 0.376 e. The number of hydrogen-bond donors (Lipinski definition) is 3. The van der Waals surface area contributed by atoms with Crippen LogP contribution in [0.1, 0.15) is 24.0 Å². The molecule has 25 heavy (non-hydrogen) atoms. The van der Waals surface area contributed by atoms with Crippen molar-refractivity contribution < 1.29 is 13.2 Å². The summed E-state index contributed by atoms with van der Waals surface area (Å²) >= 11 is 0. The number of rotatable bonds is 7. The van der Waals surface area contributed by atoms with Crippen LogP contribution in [0.2, 0.25) is 0 Å². The summed E-state index contributed by atoms with van der Waals surface area (Å²) in [4.78, 5) is 4.19. The van der Waals surface area contributed by atoms with Gasteiger partial charge in [0.25, 0.3) is 0 Å². The molecule has 1 aromatic carbocycles. The number of nitrogens with zero attached hydrogens (tertiary/aromatic N) is 1. The van der Waals surface area contributed by atoms with Gasteiger partial charge in [0.15, 0.2) is 5.96 Å². The second-order valence-corrected chi connectivity index (χ2v) is 7.65. The highest BCUT2D eigenvalue weighted by Gasteiger charge is 2.15. The molecule has 0 aromatic heterocycles. The predicted molar refractivity (Wildman–Crippen MR) is 111 cm³/mol. The molecule has 1 aliphatic rings. The van der Waals surface area contributed by atoms with E-state index in [0.717, 1.165) is 43.1 Å². The van der Waals surface area contributed by atoms with E-state index >= 15 is 0 Å². The van der Waals surface area contributed by atoms with Crippen LogP contribution in [0.3, 0.4) is 0 Å². The molecule has 142 valence electrons. The molecule has 1 atom stereocenters. The van der Waals surface area contributed by atoms with Crippen molar-refractivity contribution in [3.8, 4) is 0 Å². The summed E-state index contributed by atoms with van der Waals surface area (Å²) in [6, 6.07) is 7.49. The third-order valence-electron chi connectivity index (χ3n) is 3.90. The van der Waals surface area contributed by atoms with Crippen molar-refractivity contribution >= 4 is 40.0 Å². The van der Waals surface area contributed by atoms with Crippen molar-refractivity contribution in [2.75, 3.05) is 27.2 Å². The maximum atomic E-state index is 11.5. The van der Waals surface area contributed by atoms with Gasteiger partial charge in [-0.2, -0.15) is 0 Å². The summed E-state index contributed by atoms with van der Waals surface area (Å²) < 4.78 is 30.9. The second-order valence-electron chi connectivity index (χ2n) is 5.72. The number of benzene rings is 1. The molecule has 0 amide bonds. The summed E-state index contributed by atoms with van der Waals surface area (Å²) in [5, 5.41) is 6.50. The zero-order valence-corrected chi connectivity index (χ0v) is 17.8. The van der Waals surface area contributed by atoms with Crippen LogP contribution in [0.15, 0.2) is 29.3 Å². The zero-order valence-electron chi connectivity index (χ0n) is 14.6. The SMILES string of the molecule is CN=C(NCc1ccc(CS(=O)(=O)NC)cc1)NCC1CCCO1.I. The van der Waals surface area contributed by atoms with Crippen molar-refractivity contribution in [2.24, 2.45) is 4.99 Å². The molecule has 0 saturated carbocycles. The Morgan fingerprint density at radius 1 is 1.24 bits per heavy atom. The second kappa shape index (κ2) is 10.9. The fourth-order valence-corrected chi connectivity index (χ4v) is 3.24. The smallest absolute Gasteiger partial charge is 0.215 e. The summed E-state index contributed by atoms with van der Waals surface area (Å²) in [6.45, 7) is 2.21. The maximum Gasteiger partial charge on any atom is 0.215 e. The minimum absolute atomic E-state index is 0. The van der Waals surface area contributed by atoms with Crippen LogP contribution >= 0.6 is 24.0 Å². The fraction of sp³-hybridized carbons (Fsp3) is 0.562. The van der Waals surface area contributed by atoms with Crippen molar-refractivity contribution in [1.29, 1.82) is 0 Å². The lowest BCUT2D eigenvalue weighted by molar-refractivity contribution is 0.114. The minimum Gasteiger partial charge on any atom is -0.376 e. The first-order valence-corrected chi connectivity index (χ1v) is 9.73. The number of guanidine groups is 1. The Morgan fingerprint density at radius 3 is 2.48 bits per heavy atom. The lowest BCUT2D eigenvalue weighted by Gasteiger charge is -2.15. The molecule has 2 rings (SSSR count). The molecule has 0 bridgehead atoms. The third-order valence-corrected chi connectivity index (χ3v) is 5.23. The van der Waals surface area contributed by atoms with Gasteiger partial charge in [-0.05, 0) is 31.0 Å². The average Bonchev–Trinajstić information content (AvgIpc) is 3.09. The van der Waals surface area contributed by atoms with E-state index in [1.165, 1.54) is 7.05 Å². The predicted octanol–water partition coefficient (Wildman–Crippen LogP) is 1.20. The van der Waals surface area contributed by atoms with Crippen LogP contribution in [0.4, 0.5) is 0 Å². The van der Waals surface area contributed by atoms with Crippen LogP contribution in [-0.2, 0) is 27.1 Å². The molecule has 1 saturated heterocycles. The minimum atomic E-state index is -3.24. The van der Waals surface area contributed by atoms with E-state index < -0.39 is 10.0 Å². The van der Waals surface area contributed by atoms with Gasteiger partial charge in [-0.25, -0.2) is 13.1 Å². The van der Waals surface area contributed by atoms with E-state index in [4.69, 9.17) is 4.74 Å². The molecule has 1 unspecified atom stereocenters.